The first-order valence-corrected chi connectivity index (χ1v) is 12.7. The lowest BCUT2D eigenvalue weighted by Crippen LogP contribution is -2.51. The lowest BCUT2D eigenvalue weighted by molar-refractivity contribution is -0.129. The summed E-state index contributed by atoms with van der Waals surface area (Å²) in [5, 5.41) is 21.4. The number of piperazine rings is 1. The van der Waals surface area contributed by atoms with Crippen molar-refractivity contribution in [2.75, 3.05) is 39.0 Å². The summed E-state index contributed by atoms with van der Waals surface area (Å²) in [4.78, 5) is 14.4. The first-order valence-electron chi connectivity index (χ1n) is 10.3. The van der Waals surface area contributed by atoms with Crippen molar-refractivity contribution in [1.29, 1.82) is 5.26 Å². The number of hydrogen-bond acceptors (Lipinski definition) is 9. The van der Waals surface area contributed by atoms with Crippen LogP contribution in [0.2, 0.25) is 0 Å². The molecule has 1 amide bonds. The second-order valence-corrected chi connectivity index (χ2v) is 10.1. The second-order valence-electron chi connectivity index (χ2n) is 7.23. The van der Waals surface area contributed by atoms with Crippen molar-refractivity contribution in [2.24, 2.45) is 0 Å². The van der Waals surface area contributed by atoms with Gasteiger partial charge in [-0.3, -0.25) is 4.79 Å². The Labute approximate surface area is 201 Å². The molecule has 1 aliphatic rings. The van der Waals surface area contributed by atoms with Gasteiger partial charge in [0.05, 0.1) is 23.3 Å². The zero-order chi connectivity index (χ0) is 24.1. The molecule has 1 saturated heterocycles. The van der Waals surface area contributed by atoms with Crippen LogP contribution in [0.1, 0.15) is 5.56 Å². The van der Waals surface area contributed by atoms with E-state index in [0.717, 1.165) is 0 Å². The van der Waals surface area contributed by atoms with Crippen molar-refractivity contribution >= 4 is 27.7 Å². The summed E-state index contributed by atoms with van der Waals surface area (Å²) in [5.41, 5.74) is 0.756. The fraction of sp³-hybridized carbons (Fsp3) is 0.286. The molecule has 1 fully saturated rings. The van der Waals surface area contributed by atoms with Gasteiger partial charge in [0.2, 0.25) is 21.1 Å². The Morgan fingerprint density at radius 2 is 1.82 bits per heavy atom. The SMILES string of the molecule is COc1ccccc1-n1nnnc1SCC(=O)N1CCN(S(=O)(=O)c2ccccc2C#N)CC1. The van der Waals surface area contributed by atoms with Crippen LogP contribution in [0.25, 0.3) is 5.69 Å². The molecule has 11 nitrogen and oxygen atoms in total. The number of nitrogens with zero attached hydrogens (tertiary/aromatic N) is 7. The lowest BCUT2D eigenvalue weighted by Gasteiger charge is -2.34. The van der Waals surface area contributed by atoms with Crippen LogP contribution in [0, 0.1) is 11.3 Å². The van der Waals surface area contributed by atoms with Crippen molar-refractivity contribution in [3.8, 4) is 17.5 Å². The number of para-hydroxylation sites is 2. The third-order valence-corrected chi connectivity index (χ3v) is 8.16. The molecule has 0 unspecified atom stereocenters. The average molecular weight is 500 g/mol. The van der Waals surface area contributed by atoms with E-state index < -0.39 is 10.0 Å². The summed E-state index contributed by atoms with van der Waals surface area (Å²) in [7, 11) is -2.26. The molecule has 0 bridgehead atoms. The molecule has 2 heterocycles. The van der Waals surface area contributed by atoms with Crippen LogP contribution in [0.15, 0.2) is 58.6 Å². The van der Waals surface area contributed by atoms with Crippen LogP contribution < -0.4 is 4.74 Å². The maximum atomic E-state index is 13.0. The van der Waals surface area contributed by atoms with E-state index in [1.165, 1.54) is 32.9 Å². The standard InChI is InChI=1S/C21H21N7O4S2/c1-32-18-8-4-3-7-17(18)28-21(23-24-25-28)33-15-20(29)26-10-12-27(13-11-26)34(30,31)19-9-5-2-6-16(19)14-22/h2-9H,10-13,15H2,1H3. The van der Waals surface area contributed by atoms with Crippen molar-refractivity contribution in [2.45, 2.75) is 10.1 Å². The third-order valence-electron chi connectivity index (χ3n) is 5.30. The van der Waals surface area contributed by atoms with Crippen LogP contribution in [0.5, 0.6) is 5.75 Å². The summed E-state index contributed by atoms with van der Waals surface area (Å²) >= 11 is 1.19. The highest BCUT2D eigenvalue weighted by atomic mass is 32.2. The van der Waals surface area contributed by atoms with Crippen molar-refractivity contribution in [1.82, 2.24) is 29.4 Å². The number of rotatable bonds is 7. The molecule has 1 aromatic heterocycles. The van der Waals surface area contributed by atoms with Gasteiger partial charge in [0, 0.05) is 26.2 Å². The molecular weight excluding hydrogens is 478 g/mol. The van der Waals surface area contributed by atoms with Gasteiger partial charge < -0.3 is 9.64 Å². The summed E-state index contributed by atoms with van der Waals surface area (Å²) < 4.78 is 34.1. The quantitative estimate of drug-likeness (QED) is 0.439. The maximum absolute atomic E-state index is 13.0. The molecule has 0 radical (unpaired) electrons. The van der Waals surface area contributed by atoms with Crippen LogP contribution in [0.3, 0.4) is 0 Å². The van der Waals surface area contributed by atoms with Gasteiger partial charge in [0.1, 0.15) is 17.5 Å². The maximum Gasteiger partial charge on any atom is 0.244 e. The largest absolute Gasteiger partial charge is 0.494 e. The number of ether oxygens (including phenoxy) is 1. The van der Waals surface area contributed by atoms with E-state index in [1.807, 2.05) is 24.3 Å². The first kappa shape index (κ1) is 23.7. The Balaban J connectivity index is 1.38. The minimum Gasteiger partial charge on any atom is -0.494 e. The van der Waals surface area contributed by atoms with Crippen LogP contribution in [0.4, 0.5) is 0 Å². The number of hydrogen-bond donors (Lipinski definition) is 0. The van der Waals surface area contributed by atoms with E-state index >= 15 is 0 Å². The molecule has 1 aliphatic heterocycles. The van der Waals surface area contributed by atoms with E-state index in [4.69, 9.17) is 4.74 Å². The highest BCUT2D eigenvalue weighted by Gasteiger charge is 2.31. The minimum absolute atomic E-state index is 0.0176. The van der Waals surface area contributed by atoms with Crippen molar-refractivity contribution < 1.29 is 17.9 Å². The molecule has 0 atom stereocenters. The van der Waals surface area contributed by atoms with Crippen LogP contribution in [-0.4, -0.2) is 82.8 Å². The summed E-state index contributed by atoms with van der Waals surface area (Å²) in [6, 6.07) is 15.3. The number of benzene rings is 2. The van der Waals surface area contributed by atoms with Crippen molar-refractivity contribution in [3.63, 3.8) is 0 Å². The lowest BCUT2D eigenvalue weighted by atomic mass is 10.2. The monoisotopic (exact) mass is 499 g/mol. The summed E-state index contributed by atoms with van der Waals surface area (Å²) in [5.74, 6) is 0.548. The normalized spacial score (nSPS) is 14.5. The Morgan fingerprint density at radius 1 is 1.12 bits per heavy atom. The van der Waals surface area contributed by atoms with Gasteiger partial charge in [-0.15, -0.1) is 5.10 Å². The topological polar surface area (TPSA) is 134 Å². The number of thioether (sulfide) groups is 1. The Kier molecular flexibility index (Phi) is 7.11. The van der Waals surface area contributed by atoms with Crippen LogP contribution in [-0.2, 0) is 14.8 Å². The Hall–Kier alpha value is -3.47. The highest BCUT2D eigenvalue weighted by Crippen LogP contribution is 2.26. The molecule has 34 heavy (non-hydrogen) atoms. The number of sulfonamides is 1. The predicted octanol–water partition coefficient (Wildman–Crippen LogP) is 1.17. The molecule has 4 rings (SSSR count). The number of tetrazole rings is 1. The Bertz CT molecular complexity index is 1330. The van der Waals surface area contributed by atoms with E-state index in [-0.39, 0.29) is 48.3 Å². The average Bonchev–Trinajstić information content (AvgIpc) is 3.35. The molecule has 0 aliphatic carbocycles. The second kappa shape index (κ2) is 10.2. The van der Waals surface area contributed by atoms with E-state index in [1.54, 1.807) is 30.2 Å². The molecular formula is C21H21N7O4S2. The molecule has 0 N–H and O–H groups in total. The van der Waals surface area contributed by atoms with Gasteiger partial charge in [-0.25, -0.2) is 8.42 Å². The fourth-order valence-corrected chi connectivity index (χ4v) is 5.89. The number of nitriles is 1. The zero-order valence-corrected chi connectivity index (χ0v) is 19.9. The number of carbonyl (C=O) groups excluding carboxylic acids is 1. The summed E-state index contributed by atoms with van der Waals surface area (Å²) in [6.07, 6.45) is 0. The highest BCUT2D eigenvalue weighted by molar-refractivity contribution is 7.99. The zero-order valence-electron chi connectivity index (χ0n) is 18.2. The van der Waals surface area contributed by atoms with Gasteiger partial charge in [0.25, 0.3) is 0 Å². The van der Waals surface area contributed by atoms with Gasteiger partial charge in [0.15, 0.2) is 0 Å². The van der Waals surface area contributed by atoms with Crippen molar-refractivity contribution in [3.05, 3.63) is 54.1 Å². The van der Waals surface area contributed by atoms with Gasteiger partial charge in [-0.2, -0.15) is 14.2 Å². The number of carbonyl (C=O) groups is 1. The van der Waals surface area contributed by atoms with E-state index in [2.05, 4.69) is 15.5 Å². The molecule has 176 valence electrons. The smallest absolute Gasteiger partial charge is 0.244 e. The summed E-state index contributed by atoms with van der Waals surface area (Å²) in [6.45, 7) is 0.810. The minimum atomic E-state index is -3.82. The van der Waals surface area contributed by atoms with Gasteiger partial charge in [-0.05, 0) is 34.7 Å². The van der Waals surface area contributed by atoms with E-state index in [9.17, 15) is 18.5 Å². The first-order chi connectivity index (χ1) is 16.5. The van der Waals surface area contributed by atoms with E-state index in [0.29, 0.717) is 16.6 Å². The Morgan fingerprint density at radius 3 is 2.56 bits per heavy atom. The molecule has 13 heteroatoms. The fourth-order valence-electron chi connectivity index (χ4n) is 3.54. The van der Waals surface area contributed by atoms with Crippen LogP contribution >= 0.6 is 11.8 Å². The number of amides is 1. The predicted molar refractivity (Wildman–Crippen MR) is 123 cm³/mol. The van der Waals surface area contributed by atoms with Gasteiger partial charge in [-0.1, -0.05) is 36.0 Å². The molecule has 0 spiro atoms. The molecule has 3 aromatic rings. The number of methoxy groups -OCH3 is 1. The third kappa shape index (κ3) is 4.74. The van der Waals surface area contributed by atoms with Gasteiger partial charge >= 0.3 is 0 Å². The molecule has 2 aromatic carbocycles. The molecule has 0 saturated carbocycles. The number of aromatic nitrogens is 4.